The number of piperidine rings is 1. The van der Waals surface area contributed by atoms with Gasteiger partial charge in [-0.1, -0.05) is 18.2 Å². The summed E-state index contributed by atoms with van der Waals surface area (Å²) in [4.78, 5) is 49.8. The number of amides is 3. The van der Waals surface area contributed by atoms with Crippen LogP contribution < -0.4 is 15.4 Å². The highest BCUT2D eigenvalue weighted by Gasteiger charge is 2.40. The van der Waals surface area contributed by atoms with Crippen LogP contribution in [0.5, 0.6) is 5.75 Å². The molecule has 1 unspecified atom stereocenters. The van der Waals surface area contributed by atoms with Gasteiger partial charge in [-0.3, -0.25) is 19.7 Å². The van der Waals surface area contributed by atoms with E-state index in [0.717, 1.165) is 5.56 Å². The third kappa shape index (κ3) is 5.24. The number of methoxy groups -OCH3 is 1. The van der Waals surface area contributed by atoms with Crippen molar-refractivity contribution in [3.63, 3.8) is 0 Å². The van der Waals surface area contributed by atoms with E-state index in [9.17, 15) is 19.2 Å². The largest absolute Gasteiger partial charge is 0.487 e. The minimum atomic E-state index is -0.712. The standard InChI is InChI=1S/C25H25N5O6/c1-35-25(34)16-5-2-4-15(10-16)11-27-12-17(29-26)14-36-21-7-3-6-18-19(21)13-30(24(18)33)20-8-9-22(31)28-23(20)32/h2-7,10,12,20,26-27H,8-9,11,13-14H2,1H3,(H,28,31,32)/b17-12-,29-26?. The Morgan fingerprint density at radius 1 is 1.25 bits per heavy atom. The Morgan fingerprint density at radius 2 is 2.06 bits per heavy atom. The quantitative estimate of drug-likeness (QED) is 0.277. The van der Waals surface area contributed by atoms with Crippen LogP contribution in [-0.4, -0.2) is 48.3 Å². The predicted molar refractivity (Wildman–Crippen MR) is 126 cm³/mol. The van der Waals surface area contributed by atoms with Crippen LogP contribution in [0.15, 0.2) is 59.5 Å². The van der Waals surface area contributed by atoms with Crippen LogP contribution in [-0.2, 0) is 27.4 Å². The van der Waals surface area contributed by atoms with E-state index in [1.807, 2.05) is 6.07 Å². The fourth-order valence-corrected chi connectivity index (χ4v) is 4.16. The van der Waals surface area contributed by atoms with Gasteiger partial charge in [0.1, 0.15) is 24.1 Å². The van der Waals surface area contributed by atoms with E-state index >= 15 is 0 Å². The summed E-state index contributed by atoms with van der Waals surface area (Å²) in [5, 5.41) is 8.83. The maximum Gasteiger partial charge on any atom is 0.337 e. The molecular formula is C25H25N5O6. The number of hydrogen-bond donors (Lipinski definition) is 3. The van der Waals surface area contributed by atoms with Crippen LogP contribution in [0, 0.1) is 5.53 Å². The molecule has 0 aliphatic carbocycles. The minimum Gasteiger partial charge on any atom is -0.487 e. The van der Waals surface area contributed by atoms with Crippen LogP contribution in [0.25, 0.3) is 0 Å². The third-order valence-electron chi connectivity index (χ3n) is 5.98. The van der Waals surface area contributed by atoms with Crippen LogP contribution in [0.4, 0.5) is 0 Å². The van der Waals surface area contributed by atoms with Crippen molar-refractivity contribution in [3.05, 3.63) is 76.6 Å². The fraction of sp³-hybridized carbons (Fsp3) is 0.280. The SMILES string of the molecule is COC(=O)c1cccc(CN/C=C(/COc2cccc3c2CN(C2CCC(=O)NC2=O)C3=O)N=N)c1. The molecule has 11 nitrogen and oxygen atoms in total. The normalized spacial score (nSPS) is 17.4. The highest BCUT2D eigenvalue weighted by atomic mass is 16.5. The zero-order valence-corrected chi connectivity index (χ0v) is 19.6. The summed E-state index contributed by atoms with van der Waals surface area (Å²) in [5.74, 6) is -1.07. The fourth-order valence-electron chi connectivity index (χ4n) is 4.16. The van der Waals surface area contributed by atoms with Crippen molar-refractivity contribution in [2.75, 3.05) is 13.7 Å². The van der Waals surface area contributed by atoms with Crippen molar-refractivity contribution in [3.8, 4) is 5.75 Å². The molecule has 0 aromatic heterocycles. The van der Waals surface area contributed by atoms with Gasteiger partial charge >= 0.3 is 5.97 Å². The first kappa shape index (κ1) is 24.6. The van der Waals surface area contributed by atoms with Crippen LogP contribution in [0.1, 0.15) is 44.7 Å². The smallest absolute Gasteiger partial charge is 0.337 e. The van der Waals surface area contributed by atoms with Crippen molar-refractivity contribution in [1.82, 2.24) is 15.5 Å². The Hall–Kier alpha value is -4.54. The molecule has 0 saturated carbocycles. The van der Waals surface area contributed by atoms with Gasteiger partial charge in [0.2, 0.25) is 11.8 Å². The Morgan fingerprint density at radius 3 is 2.81 bits per heavy atom. The number of ether oxygens (including phenoxy) is 2. The number of nitrogens with zero attached hydrogens (tertiary/aromatic N) is 2. The first-order chi connectivity index (χ1) is 17.4. The summed E-state index contributed by atoms with van der Waals surface area (Å²) in [6.07, 6.45) is 2.00. The number of benzene rings is 2. The average molecular weight is 492 g/mol. The Kier molecular flexibility index (Phi) is 7.38. The molecule has 0 spiro atoms. The van der Waals surface area contributed by atoms with Gasteiger partial charge in [-0.05, 0) is 36.2 Å². The van der Waals surface area contributed by atoms with Crippen molar-refractivity contribution < 1.29 is 28.7 Å². The lowest BCUT2D eigenvalue weighted by Gasteiger charge is -2.29. The van der Waals surface area contributed by atoms with Crippen molar-refractivity contribution in [2.24, 2.45) is 5.11 Å². The first-order valence-electron chi connectivity index (χ1n) is 11.3. The van der Waals surface area contributed by atoms with E-state index in [2.05, 4.69) is 15.7 Å². The van der Waals surface area contributed by atoms with E-state index in [1.165, 1.54) is 12.0 Å². The molecular weight excluding hydrogens is 466 g/mol. The summed E-state index contributed by atoms with van der Waals surface area (Å²) in [7, 11) is 1.32. The van der Waals surface area contributed by atoms with Crippen LogP contribution in [0.2, 0.25) is 0 Å². The monoisotopic (exact) mass is 491 g/mol. The second kappa shape index (κ2) is 10.8. The highest BCUT2D eigenvalue weighted by Crippen LogP contribution is 2.33. The molecule has 3 amide bonds. The van der Waals surface area contributed by atoms with E-state index in [0.29, 0.717) is 34.7 Å². The summed E-state index contributed by atoms with van der Waals surface area (Å²) < 4.78 is 10.6. The molecule has 3 N–H and O–H groups in total. The van der Waals surface area contributed by atoms with Gasteiger partial charge in [0.15, 0.2) is 0 Å². The van der Waals surface area contributed by atoms with Crippen molar-refractivity contribution in [1.29, 1.82) is 5.53 Å². The molecule has 1 atom stereocenters. The highest BCUT2D eigenvalue weighted by molar-refractivity contribution is 6.05. The van der Waals surface area contributed by atoms with E-state index in [1.54, 1.807) is 42.6 Å². The topological polar surface area (TPSA) is 150 Å². The molecule has 0 bridgehead atoms. The maximum atomic E-state index is 12.9. The molecule has 2 aliphatic heterocycles. The Labute approximate surface area is 207 Å². The van der Waals surface area contributed by atoms with Gasteiger partial charge in [-0.25, -0.2) is 10.3 Å². The first-order valence-corrected chi connectivity index (χ1v) is 11.3. The number of nitrogens with one attached hydrogen (secondary N) is 3. The molecule has 2 heterocycles. The summed E-state index contributed by atoms with van der Waals surface area (Å²) >= 11 is 0. The molecule has 4 rings (SSSR count). The number of hydrogen-bond acceptors (Lipinski definition) is 9. The number of rotatable bonds is 9. The molecule has 0 radical (unpaired) electrons. The van der Waals surface area contributed by atoms with Gasteiger partial charge in [0.05, 0.1) is 19.2 Å². The molecule has 11 heteroatoms. The second-order valence-corrected chi connectivity index (χ2v) is 8.29. The number of imide groups is 1. The Balaban J connectivity index is 1.39. The molecule has 36 heavy (non-hydrogen) atoms. The Bertz CT molecular complexity index is 1260. The lowest BCUT2D eigenvalue weighted by Crippen LogP contribution is -2.52. The van der Waals surface area contributed by atoms with E-state index < -0.39 is 17.9 Å². The molecule has 1 saturated heterocycles. The maximum absolute atomic E-state index is 12.9. The summed E-state index contributed by atoms with van der Waals surface area (Å²) in [5.41, 5.74) is 10.1. The van der Waals surface area contributed by atoms with Gasteiger partial charge < -0.3 is 19.7 Å². The van der Waals surface area contributed by atoms with Gasteiger partial charge in [0, 0.05) is 30.3 Å². The molecule has 2 aromatic carbocycles. The molecule has 2 aliphatic rings. The number of carbonyl (C=O) groups excluding carboxylic acids is 4. The summed E-state index contributed by atoms with van der Waals surface area (Å²) in [6, 6.07) is 11.3. The number of fused-ring (bicyclic) bond motifs is 1. The number of esters is 1. The lowest BCUT2D eigenvalue weighted by molar-refractivity contribution is -0.136. The second-order valence-electron chi connectivity index (χ2n) is 8.29. The van der Waals surface area contributed by atoms with Gasteiger partial charge in [0.25, 0.3) is 5.91 Å². The zero-order chi connectivity index (χ0) is 25.7. The molecule has 2 aromatic rings. The van der Waals surface area contributed by atoms with Crippen LogP contribution in [0.3, 0.4) is 0 Å². The lowest BCUT2D eigenvalue weighted by atomic mass is 10.0. The summed E-state index contributed by atoms with van der Waals surface area (Å²) in [6.45, 7) is 0.546. The average Bonchev–Trinajstić information content (AvgIpc) is 3.22. The molecule has 1 fully saturated rings. The predicted octanol–water partition coefficient (Wildman–Crippen LogP) is 2.28. The minimum absolute atomic E-state index is 0.0260. The molecule has 186 valence electrons. The zero-order valence-electron chi connectivity index (χ0n) is 19.6. The van der Waals surface area contributed by atoms with Crippen LogP contribution >= 0.6 is 0 Å². The van der Waals surface area contributed by atoms with E-state index in [-0.39, 0.29) is 37.8 Å². The van der Waals surface area contributed by atoms with E-state index in [4.69, 9.17) is 15.0 Å². The van der Waals surface area contributed by atoms with Crippen molar-refractivity contribution >= 4 is 23.7 Å². The van der Waals surface area contributed by atoms with Gasteiger partial charge in [-0.15, -0.1) is 0 Å². The third-order valence-corrected chi connectivity index (χ3v) is 5.98. The number of carbonyl (C=O) groups is 4. The van der Waals surface area contributed by atoms with Crippen molar-refractivity contribution in [2.45, 2.75) is 32.0 Å². The van der Waals surface area contributed by atoms with Gasteiger partial charge in [-0.2, -0.15) is 5.11 Å².